The van der Waals surface area contributed by atoms with Gasteiger partial charge in [-0.15, -0.1) is 13.2 Å². The van der Waals surface area contributed by atoms with Crippen molar-refractivity contribution in [2.24, 2.45) is 5.92 Å². The van der Waals surface area contributed by atoms with Crippen molar-refractivity contribution in [2.45, 2.75) is 32.2 Å². The molecule has 1 N–H and O–H groups in total. The van der Waals surface area contributed by atoms with Crippen LogP contribution in [0.2, 0.25) is 0 Å². The van der Waals surface area contributed by atoms with E-state index in [0.29, 0.717) is 12.5 Å². The molecule has 2 aromatic carbocycles. The fourth-order valence-corrected chi connectivity index (χ4v) is 2.68. The van der Waals surface area contributed by atoms with E-state index in [1.165, 1.54) is 6.07 Å². The molecule has 1 fully saturated rings. The Morgan fingerprint density at radius 2 is 1.64 bits per heavy atom. The lowest BCUT2D eigenvalue weighted by molar-refractivity contribution is -0.275. The number of aliphatic hydroxyl groups is 1. The van der Waals surface area contributed by atoms with Gasteiger partial charge in [-0.3, -0.25) is 0 Å². The van der Waals surface area contributed by atoms with Gasteiger partial charge in [0.15, 0.2) is 11.5 Å². The number of alkyl halides is 3. The third-order valence-electron chi connectivity index (χ3n) is 4.34. The Hall–Kier alpha value is -2.21. The van der Waals surface area contributed by atoms with Crippen molar-refractivity contribution in [3.8, 4) is 22.6 Å². The highest BCUT2D eigenvalue weighted by molar-refractivity contribution is 5.67. The molecule has 134 valence electrons. The first-order valence-corrected chi connectivity index (χ1v) is 8.17. The quantitative estimate of drug-likeness (QED) is 0.802. The number of aliphatic hydroxyl groups excluding tert-OH is 1. The van der Waals surface area contributed by atoms with Crippen LogP contribution in [0.1, 0.15) is 24.8 Å². The van der Waals surface area contributed by atoms with Crippen LogP contribution in [0.4, 0.5) is 13.2 Å². The Bertz CT molecular complexity index is 707. The zero-order valence-corrected chi connectivity index (χ0v) is 13.6. The fourth-order valence-electron chi connectivity index (χ4n) is 2.68. The SMILES string of the molecule is OCc1ccc(-c2ccc(OC(F)(F)F)c(OCC3CCC3)c2)cc1. The molecule has 0 saturated heterocycles. The largest absolute Gasteiger partial charge is 0.573 e. The average molecular weight is 352 g/mol. The number of ether oxygens (including phenoxy) is 2. The van der Waals surface area contributed by atoms with Crippen molar-refractivity contribution in [3.05, 3.63) is 48.0 Å². The minimum absolute atomic E-state index is 0.0611. The second-order valence-corrected chi connectivity index (χ2v) is 6.17. The maximum absolute atomic E-state index is 12.6. The second-order valence-electron chi connectivity index (χ2n) is 6.17. The van der Waals surface area contributed by atoms with Crippen molar-refractivity contribution in [3.63, 3.8) is 0 Å². The molecule has 1 saturated carbocycles. The predicted molar refractivity (Wildman–Crippen MR) is 87.3 cm³/mol. The summed E-state index contributed by atoms with van der Waals surface area (Å²) in [6.45, 7) is 0.329. The molecule has 0 bridgehead atoms. The molecule has 25 heavy (non-hydrogen) atoms. The Labute approximate surface area is 144 Å². The predicted octanol–water partition coefficient (Wildman–Crippen LogP) is 4.92. The van der Waals surface area contributed by atoms with Gasteiger partial charge < -0.3 is 14.6 Å². The van der Waals surface area contributed by atoms with Crippen molar-refractivity contribution >= 4 is 0 Å². The number of halogens is 3. The van der Waals surface area contributed by atoms with Crippen LogP contribution < -0.4 is 9.47 Å². The van der Waals surface area contributed by atoms with Crippen LogP contribution >= 0.6 is 0 Å². The summed E-state index contributed by atoms with van der Waals surface area (Å²) in [7, 11) is 0. The molecule has 0 aliphatic heterocycles. The highest BCUT2D eigenvalue weighted by Crippen LogP contribution is 2.37. The molecule has 0 heterocycles. The Morgan fingerprint density at radius 1 is 0.960 bits per heavy atom. The van der Waals surface area contributed by atoms with Crippen molar-refractivity contribution in [1.29, 1.82) is 0 Å². The van der Waals surface area contributed by atoms with Crippen LogP contribution in [0.15, 0.2) is 42.5 Å². The van der Waals surface area contributed by atoms with Gasteiger partial charge in [-0.1, -0.05) is 36.8 Å². The topological polar surface area (TPSA) is 38.7 Å². The highest BCUT2D eigenvalue weighted by atomic mass is 19.4. The molecular formula is C19H19F3O3. The van der Waals surface area contributed by atoms with E-state index in [1.54, 1.807) is 36.4 Å². The molecule has 2 aromatic rings. The molecular weight excluding hydrogens is 333 g/mol. The molecule has 1 aliphatic rings. The minimum Gasteiger partial charge on any atom is -0.489 e. The van der Waals surface area contributed by atoms with Gasteiger partial charge in [0.05, 0.1) is 13.2 Å². The summed E-state index contributed by atoms with van der Waals surface area (Å²) < 4.78 is 47.5. The molecule has 0 radical (unpaired) electrons. The summed E-state index contributed by atoms with van der Waals surface area (Å²) in [5.41, 5.74) is 2.31. The van der Waals surface area contributed by atoms with Crippen molar-refractivity contribution < 1.29 is 27.8 Å². The van der Waals surface area contributed by atoms with Crippen LogP contribution in [0, 0.1) is 5.92 Å². The van der Waals surface area contributed by atoms with Crippen LogP contribution in [-0.4, -0.2) is 18.1 Å². The van der Waals surface area contributed by atoms with Gasteiger partial charge in [0.1, 0.15) is 0 Å². The first-order valence-electron chi connectivity index (χ1n) is 8.17. The molecule has 6 heteroatoms. The van der Waals surface area contributed by atoms with E-state index < -0.39 is 6.36 Å². The van der Waals surface area contributed by atoms with Gasteiger partial charge in [-0.25, -0.2) is 0 Å². The van der Waals surface area contributed by atoms with E-state index in [9.17, 15) is 13.2 Å². The fraction of sp³-hybridized carbons (Fsp3) is 0.368. The molecule has 0 unspecified atom stereocenters. The van der Waals surface area contributed by atoms with Gasteiger partial charge >= 0.3 is 6.36 Å². The summed E-state index contributed by atoms with van der Waals surface area (Å²) in [5.74, 6) is 0.154. The molecule has 0 amide bonds. The van der Waals surface area contributed by atoms with Gasteiger partial charge in [-0.2, -0.15) is 0 Å². The lowest BCUT2D eigenvalue weighted by Crippen LogP contribution is -2.21. The van der Waals surface area contributed by atoms with E-state index in [-0.39, 0.29) is 18.1 Å². The molecule has 0 aromatic heterocycles. The third-order valence-corrected chi connectivity index (χ3v) is 4.34. The van der Waals surface area contributed by atoms with Crippen LogP contribution in [0.5, 0.6) is 11.5 Å². The van der Waals surface area contributed by atoms with Gasteiger partial charge in [0.2, 0.25) is 0 Å². The number of benzene rings is 2. The van der Waals surface area contributed by atoms with Crippen LogP contribution in [0.3, 0.4) is 0 Å². The van der Waals surface area contributed by atoms with Gasteiger partial charge in [0.25, 0.3) is 0 Å². The van der Waals surface area contributed by atoms with E-state index in [1.807, 2.05) is 0 Å². The number of rotatable bonds is 6. The maximum Gasteiger partial charge on any atom is 0.573 e. The van der Waals surface area contributed by atoms with Crippen molar-refractivity contribution in [1.82, 2.24) is 0 Å². The number of hydrogen-bond donors (Lipinski definition) is 1. The first kappa shape index (κ1) is 17.6. The van der Waals surface area contributed by atoms with Gasteiger partial charge in [0, 0.05) is 0 Å². The molecule has 3 rings (SSSR count). The maximum atomic E-state index is 12.6. The zero-order valence-electron chi connectivity index (χ0n) is 13.6. The van der Waals surface area contributed by atoms with Crippen LogP contribution in [-0.2, 0) is 6.61 Å². The normalized spacial score (nSPS) is 14.9. The third kappa shape index (κ3) is 4.66. The molecule has 0 atom stereocenters. The summed E-state index contributed by atoms with van der Waals surface area (Å²) in [6.07, 6.45) is -1.55. The molecule has 3 nitrogen and oxygen atoms in total. The minimum atomic E-state index is -4.77. The lowest BCUT2D eigenvalue weighted by atomic mass is 9.86. The monoisotopic (exact) mass is 352 g/mol. The summed E-state index contributed by atoms with van der Waals surface area (Å²) in [6, 6.07) is 11.5. The van der Waals surface area contributed by atoms with Gasteiger partial charge in [-0.05, 0) is 47.6 Å². The Balaban J connectivity index is 1.85. The van der Waals surface area contributed by atoms with E-state index >= 15 is 0 Å². The van der Waals surface area contributed by atoms with E-state index in [4.69, 9.17) is 9.84 Å². The standard InChI is InChI=1S/C19H19F3O3/c20-19(21,22)25-17-9-8-16(15-6-4-13(11-23)5-7-15)10-18(17)24-12-14-2-1-3-14/h4-10,14,23H,1-3,11-12H2. The molecule has 0 spiro atoms. The Morgan fingerprint density at radius 3 is 2.20 bits per heavy atom. The summed E-state index contributed by atoms with van der Waals surface area (Å²) in [4.78, 5) is 0. The Kier molecular flexibility index (Phi) is 5.18. The lowest BCUT2D eigenvalue weighted by Gasteiger charge is -2.26. The van der Waals surface area contributed by atoms with E-state index in [0.717, 1.165) is 36.0 Å². The summed E-state index contributed by atoms with van der Waals surface area (Å²) >= 11 is 0. The second kappa shape index (κ2) is 7.35. The smallest absolute Gasteiger partial charge is 0.489 e. The average Bonchev–Trinajstić information content (AvgIpc) is 2.53. The van der Waals surface area contributed by atoms with E-state index in [2.05, 4.69) is 4.74 Å². The highest BCUT2D eigenvalue weighted by Gasteiger charge is 2.32. The van der Waals surface area contributed by atoms with Crippen molar-refractivity contribution in [2.75, 3.05) is 6.61 Å². The first-order chi connectivity index (χ1) is 11.9. The number of hydrogen-bond acceptors (Lipinski definition) is 3. The zero-order chi connectivity index (χ0) is 17.9. The van der Waals surface area contributed by atoms with Crippen LogP contribution in [0.25, 0.3) is 11.1 Å². The molecule has 1 aliphatic carbocycles. The summed E-state index contributed by atoms with van der Waals surface area (Å²) in [5, 5.41) is 9.10.